The summed E-state index contributed by atoms with van der Waals surface area (Å²) in [6.45, 7) is -3.15. The molecule has 9 heteroatoms. The van der Waals surface area contributed by atoms with Gasteiger partial charge in [0.2, 0.25) is 5.88 Å². The number of halogens is 3. The number of carbonyl (C=O) groups is 1. The number of amides is 1. The Bertz CT molecular complexity index is 664. The van der Waals surface area contributed by atoms with Crippen LogP contribution in [0.3, 0.4) is 0 Å². The maximum absolute atomic E-state index is 12.5. The van der Waals surface area contributed by atoms with Crippen molar-refractivity contribution in [2.75, 3.05) is 0 Å². The Balaban J connectivity index is 2.29. The number of nitrogens with one attached hydrogen (secondary N) is 1. The van der Waals surface area contributed by atoms with Crippen LogP contribution in [0.25, 0.3) is 0 Å². The Kier molecular flexibility index (Phi) is 5.31. The number of nitrogens with zero attached hydrogens (tertiary/aromatic N) is 2. The summed E-state index contributed by atoms with van der Waals surface area (Å²) >= 11 is 2.82. The van der Waals surface area contributed by atoms with Crippen molar-refractivity contribution < 1.29 is 23.0 Å². The van der Waals surface area contributed by atoms with Gasteiger partial charge in [0, 0.05) is 41.0 Å². The predicted molar refractivity (Wildman–Crippen MR) is 77.0 cm³/mol. The summed E-state index contributed by atoms with van der Waals surface area (Å²) in [6.07, 6.45) is 1.67. The van der Waals surface area contributed by atoms with E-state index in [0.717, 1.165) is 0 Å². The fourth-order valence-corrected chi connectivity index (χ4v) is 2.01. The summed E-state index contributed by atoms with van der Waals surface area (Å²) in [7, 11) is 1.71. The predicted octanol–water partition coefficient (Wildman–Crippen LogP) is 2.64. The van der Waals surface area contributed by atoms with Crippen LogP contribution in [-0.2, 0) is 13.7 Å². The minimum absolute atomic E-state index is 0.125. The SMILES string of the molecule is Cn1ccc(OCc2c(OC(F)F)cccc2C(=O)NBr)n1. The molecule has 1 N–H and O–H groups in total. The highest BCUT2D eigenvalue weighted by molar-refractivity contribution is 9.08. The van der Waals surface area contributed by atoms with Gasteiger partial charge in [0.1, 0.15) is 12.4 Å². The van der Waals surface area contributed by atoms with Crippen molar-refractivity contribution >= 4 is 22.1 Å². The van der Waals surface area contributed by atoms with Crippen LogP contribution in [0.15, 0.2) is 30.5 Å². The normalized spacial score (nSPS) is 10.6. The van der Waals surface area contributed by atoms with Crippen molar-refractivity contribution in [2.45, 2.75) is 13.2 Å². The minimum atomic E-state index is -3.00. The quantitative estimate of drug-likeness (QED) is 0.788. The molecule has 0 aliphatic carbocycles. The van der Waals surface area contributed by atoms with Crippen LogP contribution >= 0.6 is 16.1 Å². The van der Waals surface area contributed by atoms with Crippen molar-refractivity contribution in [3.05, 3.63) is 41.6 Å². The molecule has 1 heterocycles. The van der Waals surface area contributed by atoms with E-state index in [1.165, 1.54) is 22.9 Å². The van der Waals surface area contributed by atoms with Gasteiger partial charge in [-0.3, -0.25) is 13.8 Å². The Hall–Kier alpha value is -2.16. The number of hydrogen-bond donors (Lipinski definition) is 1. The largest absolute Gasteiger partial charge is 0.472 e. The zero-order chi connectivity index (χ0) is 16.1. The van der Waals surface area contributed by atoms with Crippen LogP contribution in [0.5, 0.6) is 11.6 Å². The van der Waals surface area contributed by atoms with Gasteiger partial charge in [-0.1, -0.05) is 6.07 Å². The smallest absolute Gasteiger partial charge is 0.387 e. The van der Waals surface area contributed by atoms with E-state index in [-0.39, 0.29) is 23.5 Å². The van der Waals surface area contributed by atoms with Gasteiger partial charge >= 0.3 is 6.61 Å². The number of aromatic nitrogens is 2. The first-order valence-corrected chi connectivity index (χ1v) is 6.90. The summed E-state index contributed by atoms with van der Waals surface area (Å²) in [5, 5.41) is 4.01. The maximum atomic E-state index is 12.5. The highest BCUT2D eigenvalue weighted by Crippen LogP contribution is 2.26. The van der Waals surface area contributed by atoms with Crippen molar-refractivity contribution in [2.24, 2.45) is 7.05 Å². The number of hydrogen-bond acceptors (Lipinski definition) is 4. The van der Waals surface area contributed by atoms with E-state index in [1.54, 1.807) is 19.3 Å². The first-order valence-electron chi connectivity index (χ1n) is 6.11. The second kappa shape index (κ2) is 7.21. The molecule has 0 saturated heterocycles. The molecule has 6 nitrogen and oxygen atoms in total. The average molecular weight is 376 g/mol. The van der Waals surface area contributed by atoms with Crippen LogP contribution in [0.1, 0.15) is 15.9 Å². The van der Waals surface area contributed by atoms with Crippen LogP contribution in [0.2, 0.25) is 0 Å². The van der Waals surface area contributed by atoms with Gasteiger partial charge in [0.15, 0.2) is 0 Å². The van der Waals surface area contributed by atoms with E-state index in [9.17, 15) is 13.6 Å². The lowest BCUT2D eigenvalue weighted by atomic mass is 10.1. The van der Waals surface area contributed by atoms with E-state index in [0.29, 0.717) is 5.88 Å². The van der Waals surface area contributed by atoms with E-state index < -0.39 is 12.5 Å². The molecule has 1 amide bonds. The second-order valence-electron chi connectivity index (χ2n) is 4.20. The highest BCUT2D eigenvalue weighted by Gasteiger charge is 2.18. The molecule has 0 aliphatic rings. The van der Waals surface area contributed by atoms with E-state index >= 15 is 0 Å². The van der Waals surface area contributed by atoms with Gasteiger partial charge in [-0.15, -0.1) is 5.10 Å². The van der Waals surface area contributed by atoms with Gasteiger partial charge < -0.3 is 9.47 Å². The second-order valence-corrected chi connectivity index (χ2v) is 4.60. The van der Waals surface area contributed by atoms with Crippen molar-refractivity contribution in [3.8, 4) is 11.6 Å². The molecular formula is C13H12BrF2N3O3. The van der Waals surface area contributed by atoms with Crippen molar-refractivity contribution in [1.29, 1.82) is 0 Å². The van der Waals surface area contributed by atoms with E-state index in [2.05, 4.69) is 30.3 Å². The summed E-state index contributed by atoms with van der Waals surface area (Å²) in [5.41, 5.74) is 0.358. The minimum Gasteiger partial charge on any atom is -0.472 e. The molecule has 1 aromatic carbocycles. The summed E-state index contributed by atoms with van der Waals surface area (Å²) in [5.74, 6) is -0.321. The maximum Gasteiger partial charge on any atom is 0.387 e. The molecule has 0 saturated carbocycles. The van der Waals surface area contributed by atoms with E-state index in [4.69, 9.17) is 4.74 Å². The molecule has 0 fully saturated rings. The highest BCUT2D eigenvalue weighted by atomic mass is 79.9. The fraction of sp³-hybridized carbons (Fsp3) is 0.231. The number of ether oxygens (including phenoxy) is 2. The molecule has 0 atom stereocenters. The molecule has 0 aliphatic heterocycles. The number of rotatable bonds is 6. The molecule has 1 aromatic heterocycles. The van der Waals surface area contributed by atoms with Crippen LogP contribution in [0, 0.1) is 0 Å². The average Bonchev–Trinajstić information content (AvgIpc) is 2.90. The molecule has 118 valence electrons. The Morgan fingerprint density at radius 3 is 2.82 bits per heavy atom. The number of alkyl halides is 2. The third-order valence-corrected chi connectivity index (χ3v) is 3.09. The monoisotopic (exact) mass is 375 g/mol. The Morgan fingerprint density at radius 2 is 2.23 bits per heavy atom. The molecule has 0 radical (unpaired) electrons. The Morgan fingerprint density at radius 1 is 1.45 bits per heavy atom. The molecule has 2 rings (SSSR count). The van der Waals surface area contributed by atoms with Crippen molar-refractivity contribution in [1.82, 2.24) is 14.1 Å². The van der Waals surface area contributed by atoms with E-state index in [1.807, 2.05) is 0 Å². The van der Waals surface area contributed by atoms with Crippen LogP contribution < -0.4 is 13.8 Å². The lowest BCUT2D eigenvalue weighted by Gasteiger charge is -2.14. The lowest BCUT2D eigenvalue weighted by Crippen LogP contribution is -2.17. The van der Waals surface area contributed by atoms with Gasteiger partial charge in [0.05, 0.1) is 5.56 Å². The standard InChI is InChI=1S/C13H12BrF2N3O3/c1-19-6-5-11(18-19)21-7-9-8(12(20)17-14)3-2-4-10(9)22-13(15)16/h2-6,13H,7H2,1H3,(H,17,20). The summed E-state index contributed by atoms with van der Waals surface area (Å²) in [6, 6.07) is 5.88. The molecule has 2 aromatic rings. The van der Waals surface area contributed by atoms with Crippen LogP contribution in [-0.4, -0.2) is 22.3 Å². The zero-order valence-electron chi connectivity index (χ0n) is 11.4. The summed E-state index contributed by atoms with van der Waals surface area (Å²) in [4.78, 5) is 11.8. The fourth-order valence-electron chi connectivity index (χ4n) is 1.80. The summed E-state index contributed by atoms with van der Waals surface area (Å²) < 4.78 is 38.6. The third kappa shape index (κ3) is 3.94. The third-order valence-electron chi connectivity index (χ3n) is 2.73. The number of aryl methyl sites for hydroxylation is 1. The van der Waals surface area contributed by atoms with Crippen molar-refractivity contribution in [3.63, 3.8) is 0 Å². The van der Waals surface area contributed by atoms with Gasteiger partial charge in [-0.2, -0.15) is 8.78 Å². The van der Waals surface area contributed by atoms with Gasteiger partial charge in [0.25, 0.3) is 5.91 Å². The molecule has 0 unspecified atom stereocenters. The topological polar surface area (TPSA) is 65.4 Å². The lowest BCUT2D eigenvalue weighted by molar-refractivity contribution is -0.0509. The van der Waals surface area contributed by atoms with Gasteiger partial charge in [-0.05, 0) is 12.1 Å². The number of benzene rings is 1. The first-order chi connectivity index (χ1) is 10.5. The zero-order valence-corrected chi connectivity index (χ0v) is 13.0. The van der Waals surface area contributed by atoms with Gasteiger partial charge in [-0.25, -0.2) is 0 Å². The molecular weight excluding hydrogens is 364 g/mol. The first kappa shape index (κ1) is 16.2. The number of carbonyl (C=O) groups excluding carboxylic acids is 1. The molecule has 0 spiro atoms. The molecule has 0 bridgehead atoms. The van der Waals surface area contributed by atoms with Crippen LogP contribution in [0.4, 0.5) is 8.78 Å². The molecule has 22 heavy (non-hydrogen) atoms. The Labute approximate surface area is 133 Å².